The number of thioether (sulfide) groups is 1. The predicted octanol–water partition coefficient (Wildman–Crippen LogP) is 5.58. The Bertz CT molecular complexity index is 1240. The van der Waals surface area contributed by atoms with Crippen molar-refractivity contribution in [3.8, 4) is 11.4 Å². The molecule has 4 rings (SSSR count). The molecule has 0 saturated heterocycles. The van der Waals surface area contributed by atoms with Crippen molar-refractivity contribution in [3.05, 3.63) is 89.2 Å². The van der Waals surface area contributed by atoms with E-state index in [1.54, 1.807) is 7.11 Å². The Balaban J connectivity index is 1.51. The lowest BCUT2D eigenvalue weighted by atomic mass is 10.2. The number of rotatable bonds is 9. The lowest BCUT2D eigenvalue weighted by molar-refractivity contribution is -0.113. The number of carbonyl (C=O) groups excluding carboxylic acids is 1. The highest BCUT2D eigenvalue weighted by atomic mass is 35.5. The minimum Gasteiger partial charge on any atom is -0.497 e. The molecule has 0 unspecified atom stereocenters. The molecular weight excluding hydrogens is 470 g/mol. The fraction of sp³-hybridized carbons (Fsp3) is 0.160. The van der Waals surface area contributed by atoms with Gasteiger partial charge in [-0.1, -0.05) is 41.1 Å². The summed E-state index contributed by atoms with van der Waals surface area (Å²) >= 11 is 7.31. The van der Waals surface area contributed by atoms with Gasteiger partial charge < -0.3 is 15.4 Å². The van der Waals surface area contributed by atoms with Gasteiger partial charge in [0.05, 0.1) is 19.4 Å². The number of benzene rings is 3. The van der Waals surface area contributed by atoms with Gasteiger partial charge in [0.25, 0.3) is 0 Å². The summed E-state index contributed by atoms with van der Waals surface area (Å²) in [5.41, 5.74) is 3.70. The summed E-state index contributed by atoms with van der Waals surface area (Å²) in [4.78, 5) is 12.5. The minimum absolute atomic E-state index is 0.112. The Labute approximate surface area is 207 Å². The summed E-state index contributed by atoms with van der Waals surface area (Å²) in [5, 5.41) is 16.3. The molecule has 1 heterocycles. The van der Waals surface area contributed by atoms with Crippen molar-refractivity contribution in [1.82, 2.24) is 14.8 Å². The van der Waals surface area contributed by atoms with Crippen molar-refractivity contribution in [1.29, 1.82) is 0 Å². The highest BCUT2D eigenvalue weighted by molar-refractivity contribution is 7.99. The van der Waals surface area contributed by atoms with Gasteiger partial charge in [-0.05, 0) is 67.6 Å². The van der Waals surface area contributed by atoms with Crippen LogP contribution in [-0.4, -0.2) is 33.5 Å². The fourth-order valence-electron chi connectivity index (χ4n) is 3.21. The molecule has 174 valence electrons. The normalized spacial score (nSPS) is 10.7. The fourth-order valence-corrected chi connectivity index (χ4v) is 4.11. The third kappa shape index (κ3) is 6.09. The Morgan fingerprint density at radius 2 is 1.65 bits per heavy atom. The van der Waals surface area contributed by atoms with Crippen molar-refractivity contribution < 1.29 is 9.53 Å². The molecule has 0 saturated carbocycles. The van der Waals surface area contributed by atoms with E-state index in [9.17, 15) is 4.79 Å². The van der Waals surface area contributed by atoms with Gasteiger partial charge in [-0.3, -0.25) is 9.36 Å². The molecule has 0 atom stereocenters. The molecule has 0 spiro atoms. The summed E-state index contributed by atoms with van der Waals surface area (Å²) in [7, 11) is 1.63. The lowest BCUT2D eigenvalue weighted by Crippen LogP contribution is -2.15. The van der Waals surface area contributed by atoms with Crippen LogP contribution < -0.4 is 15.4 Å². The summed E-state index contributed by atoms with van der Waals surface area (Å²) < 4.78 is 7.22. The average molecular weight is 494 g/mol. The molecular formula is C25H24ClN5O2S. The van der Waals surface area contributed by atoms with Crippen molar-refractivity contribution >= 4 is 40.6 Å². The van der Waals surface area contributed by atoms with Crippen LogP contribution >= 0.6 is 23.4 Å². The number of anilines is 2. The van der Waals surface area contributed by atoms with Crippen molar-refractivity contribution in [2.24, 2.45) is 0 Å². The molecule has 0 fully saturated rings. The molecule has 0 bridgehead atoms. The first kappa shape index (κ1) is 23.7. The molecule has 34 heavy (non-hydrogen) atoms. The zero-order chi connectivity index (χ0) is 23.9. The van der Waals surface area contributed by atoms with E-state index in [0.717, 1.165) is 28.4 Å². The van der Waals surface area contributed by atoms with Gasteiger partial charge in [-0.15, -0.1) is 10.2 Å². The van der Waals surface area contributed by atoms with E-state index >= 15 is 0 Å². The number of nitrogens with one attached hydrogen (secondary N) is 2. The van der Waals surface area contributed by atoms with E-state index in [1.807, 2.05) is 84.3 Å². The third-order valence-corrected chi connectivity index (χ3v) is 6.17. The van der Waals surface area contributed by atoms with Gasteiger partial charge in [0, 0.05) is 22.1 Å². The SMILES string of the molecule is COc1ccc(-n2c(CNc3ccc(Cl)cc3)nnc2SCC(=O)Nc2ccc(C)cc2)cc1. The van der Waals surface area contributed by atoms with Gasteiger partial charge in [-0.25, -0.2) is 0 Å². The van der Waals surface area contributed by atoms with E-state index in [2.05, 4.69) is 20.8 Å². The summed E-state index contributed by atoms with van der Waals surface area (Å²) in [6.07, 6.45) is 0. The number of methoxy groups -OCH3 is 1. The Morgan fingerprint density at radius 3 is 2.32 bits per heavy atom. The number of hydrogen-bond acceptors (Lipinski definition) is 6. The van der Waals surface area contributed by atoms with Gasteiger partial charge >= 0.3 is 0 Å². The van der Waals surface area contributed by atoms with Gasteiger partial charge in [-0.2, -0.15) is 0 Å². The first-order valence-corrected chi connectivity index (χ1v) is 12.0. The molecule has 1 amide bonds. The average Bonchev–Trinajstić information content (AvgIpc) is 3.26. The second-order valence-corrected chi connectivity index (χ2v) is 8.87. The highest BCUT2D eigenvalue weighted by Crippen LogP contribution is 2.25. The molecule has 0 radical (unpaired) electrons. The smallest absolute Gasteiger partial charge is 0.234 e. The van der Waals surface area contributed by atoms with Crippen LogP contribution in [0.4, 0.5) is 11.4 Å². The van der Waals surface area contributed by atoms with Crippen molar-refractivity contribution in [2.75, 3.05) is 23.5 Å². The summed E-state index contributed by atoms with van der Waals surface area (Å²) in [6.45, 7) is 2.45. The van der Waals surface area contributed by atoms with Crippen LogP contribution in [0.3, 0.4) is 0 Å². The maximum atomic E-state index is 12.5. The molecule has 0 aliphatic heterocycles. The monoisotopic (exact) mass is 493 g/mol. The number of halogens is 1. The van der Waals surface area contributed by atoms with Crippen LogP contribution in [0.15, 0.2) is 78.0 Å². The van der Waals surface area contributed by atoms with E-state index in [-0.39, 0.29) is 11.7 Å². The quantitative estimate of drug-likeness (QED) is 0.296. The molecule has 0 aliphatic carbocycles. The Kier molecular flexibility index (Phi) is 7.72. The zero-order valence-corrected chi connectivity index (χ0v) is 20.4. The van der Waals surface area contributed by atoms with Crippen molar-refractivity contribution in [2.45, 2.75) is 18.6 Å². The number of aryl methyl sites for hydroxylation is 1. The number of ether oxygens (including phenoxy) is 1. The molecule has 4 aromatic rings. The molecule has 9 heteroatoms. The predicted molar refractivity (Wildman–Crippen MR) is 137 cm³/mol. The van der Waals surface area contributed by atoms with Crippen molar-refractivity contribution in [3.63, 3.8) is 0 Å². The van der Waals surface area contributed by atoms with Crippen LogP contribution in [0.25, 0.3) is 5.69 Å². The second kappa shape index (κ2) is 11.1. The topological polar surface area (TPSA) is 81.1 Å². The molecule has 7 nitrogen and oxygen atoms in total. The third-order valence-electron chi connectivity index (χ3n) is 4.99. The number of hydrogen-bond donors (Lipinski definition) is 2. The van der Waals surface area contributed by atoms with Crippen LogP contribution in [0.1, 0.15) is 11.4 Å². The maximum absolute atomic E-state index is 12.5. The highest BCUT2D eigenvalue weighted by Gasteiger charge is 2.16. The first-order chi connectivity index (χ1) is 16.5. The van der Waals surface area contributed by atoms with E-state index < -0.39 is 0 Å². The van der Waals surface area contributed by atoms with Gasteiger partial charge in [0.1, 0.15) is 5.75 Å². The number of nitrogens with zero attached hydrogens (tertiary/aromatic N) is 3. The lowest BCUT2D eigenvalue weighted by Gasteiger charge is -2.12. The Morgan fingerprint density at radius 1 is 0.971 bits per heavy atom. The maximum Gasteiger partial charge on any atom is 0.234 e. The second-order valence-electron chi connectivity index (χ2n) is 7.50. The molecule has 3 aromatic carbocycles. The van der Waals surface area contributed by atoms with E-state index in [4.69, 9.17) is 16.3 Å². The summed E-state index contributed by atoms with van der Waals surface area (Å²) in [5.74, 6) is 1.55. The number of amides is 1. The number of aromatic nitrogens is 3. The van der Waals surface area contributed by atoms with E-state index in [1.165, 1.54) is 11.8 Å². The van der Waals surface area contributed by atoms with Crippen LogP contribution in [0, 0.1) is 6.92 Å². The van der Waals surface area contributed by atoms with Crippen LogP contribution in [0.2, 0.25) is 5.02 Å². The first-order valence-electron chi connectivity index (χ1n) is 10.6. The standard InChI is InChI=1S/C25H24ClN5O2S/c1-17-3-7-20(8-4-17)28-24(32)16-34-25-30-29-23(15-27-19-9-5-18(26)6-10-19)31(25)21-11-13-22(33-2)14-12-21/h3-14,27H,15-16H2,1-2H3,(H,28,32). The van der Waals surface area contributed by atoms with Crippen LogP contribution in [-0.2, 0) is 11.3 Å². The van der Waals surface area contributed by atoms with Gasteiger partial charge in [0.15, 0.2) is 11.0 Å². The Hall–Kier alpha value is -3.49. The molecule has 2 N–H and O–H groups in total. The minimum atomic E-state index is -0.112. The molecule has 0 aliphatic rings. The zero-order valence-electron chi connectivity index (χ0n) is 18.8. The van der Waals surface area contributed by atoms with Gasteiger partial charge in [0.2, 0.25) is 5.91 Å². The van der Waals surface area contributed by atoms with E-state index in [0.29, 0.717) is 22.5 Å². The molecule has 1 aromatic heterocycles. The number of carbonyl (C=O) groups is 1. The largest absolute Gasteiger partial charge is 0.497 e. The van der Waals surface area contributed by atoms with Crippen LogP contribution in [0.5, 0.6) is 5.75 Å². The summed E-state index contributed by atoms with van der Waals surface area (Å²) in [6, 6.07) is 22.8.